The fourth-order valence-corrected chi connectivity index (χ4v) is 7.26. The molecule has 0 radical (unpaired) electrons. The van der Waals surface area contributed by atoms with E-state index in [9.17, 15) is 19.2 Å². The van der Waals surface area contributed by atoms with Gasteiger partial charge in [-0.1, -0.05) is 33.6 Å². The number of Topliss-reactive ketones (excluding diaryl/α,β-unsaturated/α-hetero) is 3. The van der Waals surface area contributed by atoms with E-state index in [1.165, 1.54) is 0 Å². The maximum atomic E-state index is 14.0. The van der Waals surface area contributed by atoms with Crippen molar-refractivity contribution in [2.24, 2.45) is 10.8 Å². The summed E-state index contributed by atoms with van der Waals surface area (Å²) < 4.78 is 1.95. The minimum Gasteiger partial charge on any atom is -0.388 e. The number of anilines is 1. The molecule has 3 atom stereocenters. The van der Waals surface area contributed by atoms with Crippen molar-refractivity contribution in [2.75, 3.05) is 12.4 Å². The predicted molar refractivity (Wildman–Crippen MR) is 153 cm³/mol. The Labute approximate surface area is 231 Å². The maximum absolute atomic E-state index is 14.0. The number of amides is 1. The molecule has 5 rings (SSSR count). The Balaban J connectivity index is 1.58. The normalized spacial score (nSPS) is 27.3. The number of benzene rings is 1. The van der Waals surface area contributed by atoms with Gasteiger partial charge in [0.15, 0.2) is 11.6 Å². The molecular weight excluding hydrogens is 490 g/mol. The molecule has 0 unspecified atom stereocenters. The molecule has 0 spiro atoms. The van der Waals surface area contributed by atoms with Crippen LogP contribution in [0.3, 0.4) is 0 Å². The van der Waals surface area contributed by atoms with Crippen LogP contribution in [0.15, 0.2) is 18.3 Å². The highest BCUT2D eigenvalue weighted by atomic mass is 16.2. The molecule has 2 aliphatic heterocycles. The first-order valence-electron chi connectivity index (χ1n) is 14.7. The molecule has 1 saturated carbocycles. The Morgan fingerprint density at radius 3 is 2.51 bits per heavy atom. The maximum Gasteiger partial charge on any atom is 0.243 e. The Hall–Kier alpha value is -2.96. The number of nitrogens with one attached hydrogen (secondary N) is 1. The van der Waals surface area contributed by atoms with Crippen LogP contribution in [0.25, 0.3) is 10.9 Å². The van der Waals surface area contributed by atoms with Crippen molar-refractivity contribution >= 4 is 39.8 Å². The Kier molecular flexibility index (Phi) is 7.23. The SMILES string of the molecule is CCC(=O)[C@@H]1C[C@]23CCC(=O)C(C)(C)CCCCCc4cc(NC)cc5c(C(C)=O)cn(c45)CC(=O)N1[C@@H]2C3. The lowest BCUT2D eigenvalue weighted by atomic mass is 9.79. The Bertz CT molecular complexity index is 1340. The second kappa shape index (κ2) is 10.2. The van der Waals surface area contributed by atoms with E-state index < -0.39 is 6.04 Å². The summed E-state index contributed by atoms with van der Waals surface area (Å²) in [4.78, 5) is 54.8. The van der Waals surface area contributed by atoms with Crippen LogP contribution in [0.5, 0.6) is 0 Å². The molecule has 1 saturated heterocycles. The molecule has 7 heteroatoms. The minimum absolute atomic E-state index is 0.0153. The predicted octanol–water partition coefficient (Wildman–Crippen LogP) is 5.72. The van der Waals surface area contributed by atoms with Gasteiger partial charge in [0.2, 0.25) is 5.91 Å². The molecular formula is C32H43N3O4. The van der Waals surface area contributed by atoms with Crippen molar-refractivity contribution in [2.45, 2.75) is 111 Å². The van der Waals surface area contributed by atoms with Crippen LogP contribution < -0.4 is 5.32 Å². The zero-order valence-corrected chi connectivity index (χ0v) is 24.2. The van der Waals surface area contributed by atoms with Crippen molar-refractivity contribution in [3.05, 3.63) is 29.5 Å². The van der Waals surface area contributed by atoms with Gasteiger partial charge in [-0.25, -0.2) is 0 Å². The standard InChI is InChI=1S/C32H43N3O4/c1-6-26(37)25-16-32-13-11-28(38)31(3,4)12-9-7-8-10-21-14-22(33-5)15-23-24(20(2)36)18-34(30(21)23)19-29(39)35(25)27(32)17-32/h14-15,18,25,27,33H,6-13,16-17,19H2,1-5H3/t25-,27+,32-/m0/s1. The van der Waals surface area contributed by atoms with E-state index in [1.807, 2.05) is 35.7 Å². The van der Waals surface area contributed by atoms with Crippen LogP contribution in [0.1, 0.15) is 101 Å². The van der Waals surface area contributed by atoms with Crippen LogP contribution in [0.2, 0.25) is 0 Å². The molecule has 39 heavy (non-hydrogen) atoms. The van der Waals surface area contributed by atoms with E-state index in [1.54, 1.807) is 6.92 Å². The van der Waals surface area contributed by atoms with Gasteiger partial charge in [-0.3, -0.25) is 19.2 Å². The van der Waals surface area contributed by atoms with Gasteiger partial charge in [-0.15, -0.1) is 0 Å². The summed E-state index contributed by atoms with van der Waals surface area (Å²) in [5.74, 6) is 0.293. The molecule has 1 aliphatic carbocycles. The largest absolute Gasteiger partial charge is 0.388 e. The Morgan fingerprint density at radius 1 is 1.05 bits per heavy atom. The van der Waals surface area contributed by atoms with Gasteiger partial charge in [-0.05, 0) is 68.6 Å². The second-order valence-corrected chi connectivity index (χ2v) is 12.8. The quantitative estimate of drug-likeness (QED) is 0.508. The van der Waals surface area contributed by atoms with Crippen molar-refractivity contribution in [1.82, 2.24) is 9.47 Å². The van der Waals surface area contributed by atoms with Gasteiger partial charge in [0.25, 0.3) is 0 Å². The molecule has 2 fully saturated rings. The van der Waals surface area contributed by atoms with Gasteiger partial charge in [0.05, 0.1) is 11.6 Å². The molecule has 7 nitrogen and oxygen atoms in total. The number of carbonyl (C=O) groups excluding carboxylic acids is 4. The average molecular weight is 534 g/mol. The first-order valence-corrected chi connectivity index (χ1v) is 14.7. The van der Waals surface area contributed by atoms with E-state index in [0.29, 0.717) is 30.6 Å². The molecule has 1 amide bonds. The first kappa shape index (κ1) is 27.6. The van der Waals surface area contributed by atoms with Crippen LogP contribution in [0.4, 0.5) is 5.69 Å². The van der Waals surface area contributed by atoms with Crippen molar-refractivity contribution in [3.8, 4) is 0 Å². The molecule has 210 valence electrons. The molecule has 1 N–H and O–H groups in total. The fraction of sp³-hybridized carbons (Fsp3) is 0.625. The van der Waals surface area contributed by atoms with Gasteiger partial charge >= 0.3 is 0 Å². The lowest BCUT2D eigenvalue weighted by Gasteiger charge is -2.27. The van der Waals surface area contributed by atoms with E-state index in [2.05, 4.69) is 25.2 Å². The average Bonchev–Trinajstić information content (AvgIpc) is 3.31. The molecule has 3 heterocycles. The minimum atomic E-state index is -0.423. The summed E-state index contributed by atoms with van der Waals surface area (Å²) >= 11 is 0. The summed E-state index contributed by atoms with van der Waals surface area (Å²) in [7, 11) is 1.87. The number of hydrogen-bond donors (Lipinski definition) is 1. The van der Waals surface area contributed by atoms with Crippen LogP contribution in [-0.2, 0) is 27.3 Å². The number of aromatic nitrogens is 1. The number of carbonyl (C=O) groups is 4. The van der Waals surface area contributed by atoms with Crippen molar-refractivity contribution in [1.29, 1.82) is 0 Å². The summed E-state index contributed by atoms with van der Waals surface area (Å²) in [6.45, 7) is 7.66. The third-order valence-electron chi connectivity index (χ3n) is 9.80. The highest BCUT2D eigenvalue weighted by Gasteiger charge is 2.66. The Morgan fingerprint density at radius 2 is 1.82 bits per heavy atom. The highest BCUT2D eigenvalue weighted by molar-refractivity contribution is 6.09. The summed E-state index contributed by atoms with van der Waals surface area (Å²) in [5.41, 5.74) is 3.12. The van der Waals surface area contributed by atoms with Gasteiger partial charge in [-0.2, -0.15) is 0 Å². The molecule has 1 aromatic carbocycles. The van der Waals surface area contributed by atoms with Crippen molar-refractivity contribution < 1.29 is 19.2 Å². The number of piperidine rings is 1. The summed E-state index contributed by atoms with van der Waals surface area (Å²) in [6, 6.07) is 3.72. The summed E-state index contributed by atoms with van der Waals surface area (Å²) in [5, 5.41) is 4.10. The monoisotopic (exact) mass is 533 g/mol. The summed E-state index contributed by atoms with van der Waals surface area (Å²) in [6.07, 6.45) is 9.65. The number of ketones is 3. The number of hydrogen-bond acceptors (Lipinski definition) is 5. The smallest absolute Gasteiger partial charge is 0.243 e. The third-order valence-corrected chi connectivity index (χ3v) is 9.80. The van der Waals surface area contributed by atoms with Crippen molar-refractivity contribution in [3.63, 3.8) is 0 Å². The first-order chi connectivity index (χ1) is 18.5. The van der Waals surface area contributed by atoms with Gasteiger partial charge in [0, 0.05) is 54.2 Å². The zero-order chi connectivity index (χ0) is 28.1. The lowest BCUT2D eigenvalue weighted by molar-refractivity contribution is -0.139. The van der Waals surface area contributed by atoms with E-state index >= 15 is 0 Å². The van der Waals surface area contributed by atoms with Crippen LogP contribution >= 0.6 is 0 Å². The van der Waals surface area contributed by atoms with E-state index in [-0.39, 0.29) is 40.9 Å². The highest BCUT2D eigenvalue weighted by Crippen LogP contribution is 2.62. The number of rotatable bonds is 4. The topological polar surface area (TPSA) is 88.5 Å². The lowest BCUT2D eigenvalue weighted by Crippen LogP contribution is -2.44. The molecule has 2 aromatic rings. The molecule has 1 aromatic heterocycles. The van der Waals surface area contributed by atoms with Gasteiger partial charge in [0.1, 0.15) is 12.3 Å². The van der Waals surface area contributed by atoms with Crippen LogP contribution in [0, 0.1) is 10.8 Å². The molecule has 2 bridgehead atoms. The van der Waals surface area contributed by atoms with E-state index in [4.69, 9.17) is 0 Å². The second-order valence-electron chi connectivity index (χ2n) is 12.8. The molecule has 3 aliphatic rings. The zero-order valence-electron chi connectivity index (χ0n) is 24.2. The van der Waals surface area contributed by atoms with Gasteiger partial charge < -0.3 is 14.8 Å². The third kappa shape index (κ3) is 4.93. The fourth-order valence-electron chi connectivity index (χ4n) is 7.26. The number of nitrogens with zero attached hydrogens (tertiary/aromatic N) is 2. The number of aryl methyl sites for hydroxylation is 1. The van der Waals surface area contributed by atoms with E-state index in [0.717, 1.165) is 67.1 Å². The van der Waals surface area contributed by atoms with Crippen LogP contribution in [-0.4, -0.2) is 51.9 Å².